The number of nitrogens with one attached hydrogen (secondary N) is 2. The summed E-state index contributed by atoms with van der Waals surface area (Å²) in [6.07, 6.45) is 0.822. The summed E-state index contributed by atoms with van der Waals surface area (Å²) < 4.78 is 0. The first kappa shape index (κ1) is 14.2. The van der Waals surface area contributed by atoms with E-state index in [1.54, 1.807) is 0 Å². The van der Waals surface area contributed by atoms with Gasteiger partial charge in [-0.05, 0) is 30.7 Å². The van der Waals surface area contributed by atoms with E-state index in [9.17, 15) is 4.79 Å². The van der Waals surface area contributed by atoms with E-state index in [0.29, 0.717) is 18.2 Å². The summed E-state index contributed by atoms with van der Waals surface area (Å²) in [5.74, 6) is 1.29. The van der Waals surface area contributed by atoms with Crippen LogP contribution in [-0.4, -0.2) is 21.1 Å². The fourth-order valence-corrected chi connectivity index (χ4v) is 1.67. The van der Waals surface area contributed by atoms with E-state index in [1.165, 1.54) is 0 Å². The predicted molar refractivity (Wildman–Crippen MR) is 77.8 cm³/mol. The van der Waals surface area contributed by atoms with Crippen LogP contribution in [0.25, 0.3) is 11.4 Å². The molecule has 0 aliphatic heterocycles. The minimum absolute atomic E-state index is 0.00907. The first-order chi connectivity index (χ1) is 9.63. The van der Waals surface area contributed by atoms with Crippen LogP contribution in [0.2, 0.25) is 0 Å². The van der Waals surface area contributed by atoms with Gasteiger partial charge in [-0.1, -0.05) is 13.8 Å². The lowest BCUT2D eigenvalue weighted by Gasteiger charge is -2.09. The summed E-state index contributed by atoms with van der Waals surface area (Å²) in [4.78, 5) is 16.0. The number of H-pyrrole nitrogens is 1. The van der Waals surface area contributed by atoms with Crippen molar-refractivity contribution in [1.29, 1.82) is 0 Å². The quantitative estimate of drug-likeness (QED) is 0.775. The molecule has 1 amide bonds. The molecule has 2 rings (SSSR count). The minimum atomic E-state index is 0.00907. The number of rotatable bonds is 5. The fraction of sp³-hybridized carbons (Fsp3) is 0.357. The Morgan fingerprint density at radius 3 is 2.65 bits per heavy atom. The second-order valence-electron chi connectivity index (χ2n) is 4.69. The molecule has 6 heteroatoms. The molecule has 1 aromatic heterocycles. The highest BCUT2D eigenvalue weighted by Crippen LogP contribution is 2.18. The number of hydrogen-bond donors (Lipinski definition) is 3. The Hall–Kier alpha value is -2.21. The molecule has 0 bridgehead atoms. The molecule has 0 aliphatic carbocycles. The van der Waals surface area contributed by atoms with Crippen LogP contribution in [0.15, 0.2) is 24.3 Å². The van der Waals surface area contributed by atoms with Gasteiger partial charge in [0.15, 0.2) is 5.82 Å². The van der Waals surface area contributed by atoms with Gasteiger partial charge >= 0.3 is 0 Å². The lowest BCUT2D eigenvalue weighted by molar-refractivity contribution is -0.119. The van der Waals surface area contributed by atoms with Crippen molar-refractivity contribution in [3.8, 4) is 11.4 Å². The molecule has 20 heavy (non-hydrogen) atoms. The number of benzene rings is 1. The number of nitrogens with zero attached hydrogens (tertiary/aromatic N) is 2. The topological polar surface area (TPSA) is 96.7 Å². The van der Waals surface area contributed by atoms with Gasteiger partial charge in [0, 0.05) is 17.2 Å². The fourth-order valence-electron chi connectivity index (χ4n) is 1.67. The van der Waals surface area contributed by atoms with Crippen LogP contribution in [0.1, 0.15) is 26.1 Å². The van der Waals surface area contributed by atoms with Crippen molar-refractivity contribution < 1.29 is 4.79 Å². The molecular formula is C14H19N5O. The van der Waals surface area contributed by atoms with Gasteiger partial charge in [-0.15, -0.1) is 0 Å². The molecule has 0 spiro atoms. The van der Waals surface area contributed by atoms with Crippen LogP contribution in [-0.2, 0) is 11.3 Å². The standard InChI is InChI=1S/C14H19N5O/c1-3-9(2)14(20)16-11-6-4-10(5-7-11)13-17-12(8-15)18-19-13/h4-7,9H,3,8,15H2,1-2H3,(H,16,20)(H,17,18,19). The molecule has 1 heterocycles. The van der Waals surface area contributed by atoms with Crippen LogP contribution in [0.4, 0.5) is 5.69 Å². The van der Waals surface area contributed by atoms with Crippen LogP contribution in [0.5, 0.6) is 0 Å². The largest absolute Gasteiger partial charge is 0.326 e. The Labute approximate surface area is 117 Å². The highest BCUT2D eigenvalue weighted by atomic mass is 16.1. The van der Waals surface area contributed by atoms with E-state index in [1.807, 2.05) is 38.1 Å². The van der Waals surface area contributed by atoms with Crippen molar-refractivity contribution >= 4 is 11.6 Å². The van der Waals surface area contributed by atoms with E-state index >= 15 is 0 Å². The maximum atomic E-state index is 11.8. The van der Waals surface area contributed by atoms with Crippen molar-refractivity contribution in [1.82, 2.24) is 15.2 Å². The molecule has 0 saturated carbocycles. The third kappa shape index (κ3) is 3.21. The van der Waals surface area contributed by atoms with Gasteiger partial charge in [-0.2, -0.15) is 5.10 Å². The number of carbonyl (C=O) groups is 1. The van der Waals surface area contributed by atoms with E-state index in [0.717, 1.165) is 17.7 Å². The first-order valence-electron chi connectivity index (χ1n) is 6.66. The van der Waals surface area contributed by atoms with Crippen molar-refractivity contribution in [2.24, 2.45) is 11.7 Å². The predicted octanol–water partition coefficient (Wildman–Crippen LogP) is 1.91. The highest BCUT2D eigenvalue weighted by molar-refractivity contribution is 5.92. The number of carbonyl (C=O) groups excluding carboxylic acids is 1. The van der Waals surface area contributed by atoms with Crippen LogP contribution >= 0.6 is 0 Å². The van der Waals surface area contributed by atoms with Gasteiger partial charge in [0.25, 0.3) is 0 Å². The van der Waals surface area contributed by atoms with Crippen LogP contribution in [0, 0.1) is 5.92 Å². The zero-order valence-corrected chi connectivity index (χ0v) is 11.7. The molecule has 2 aromatic rings. The lowest BCUT2D eigenvalue weighted by Crippen LogP contribution is -2.19. The maximum Gasteiger partial charge on any atom is 0.227 e. The Kier molecular flexibility index (Phi) is 4.47. The average molecular weight is 273 g/mol. The Balaban J connectivity index is 2.08. The van der Waals surface area contributed by atoms with Crippen molar-refractivity contribution in [2.45, 2.75) is 26.8 Å². The van der Waals surface area contributed by atoms with E-state index in [4.69, 9.17) is 5.73 Å². The molecule has 1 unspecified atom stereocenters. The molecule has 0 aliphatic rings. The number of aromatic amines is 1. The van der Waals surface area contributed by atoms with Crippen molar-refractivity contribution in [2.75, 3.05) is 5.32 Å². The average Bonchev–Trinajstić information content (AvgIpc) is 2.96. The van der Waals surface area contributed by atoms with Gasteiger partial charge in [0.05, 0.1) is 6.54 Å². The molecular weight excluding hydrogens is 254 g/mol. The van der Waals surface area contributed by atoms with E-state index < -0.39 is 0 Å². The van der Waals surface area contributed by atoms with Gasteiger partial charge < -0.3 is 11.1 Å². The molecule has 1 aromatic carbocycles. The number of aromatic nitrogens is 3. The molecule has 106 valence electrons. The summed E-state index contributed by atoms with van der Waals surface area (Å²) in [7, 11) is 0. The second kappa shape index (κ2) is 6.29. The molecule has 4 N–H and O–H groups in total. The molecule has 0 fully saturated rings. The van der Waals surface area contributed by atoms with Gasteiger partial charge in [-0.25, -0.2) is 4.98 Å². The Morgan fingerprint density at radius 2 is 2.10 bits per heavy atom. The third-order valence-electron chi connectivity index (χ3n) is 3.20. The summed E-state index contributed by atoms with van der Waals surface area (Å²) in [5, 5.41) is 9.73. The summed E-state index contributed by atoms with van der Waals surface area (Å²) >= 11 is 0. The smallest absolute Gasteiger partial charge is 0.227 e. The maximum absolute atomic E-state index is 11.8. The van der Waals surface area contributed by atoms with E-state index in [-0.39, 0.29) is 11.8 Å². The van der Waals surface area contributed by atoms with Crippen molar-refractivity contribution in [3.63, 3.8) is 0 Å². The second-order valence-corrected chi connectivity index (χ2v) is 4.69. The monoisotopic (exact) mass is 273 g/mol. The highest BCUT2D eigenvalue weighted by Gasteiger charge is 2.11. The number of anilines is 1. The van der Waals surface area contributed by atoms with Crippen LogP contribution in [0.3, 0.4) is 0 Å². The van der Waals surface area contributed by atoms with Gasteiger partial charge in [0.1, 0.15) is 5.82 Å². The molecule has 0 radical (unpaired) electrons. The minimum Gasteiger partial charge on any atom is -0.326 e. The van der Waals surface area contributed by atoms with Gasteiger partial charge in [-0.3, -0.25) is 9.89 Å². The van der Waals surface area contributed by atoms with Crippen molar-refractivity contribution in [3.05, 3.63) is 30.1 Å². The number of nitrogens with two attached hydrogens (primary N) is 1. The number of amides is 1. The zero-order chi connectivity index (χ0) is 14.5. The number of hydrogen-bond acceptors (Lipinski definition) is 4. The third-order valence-corrected chi connectivity index (χ3v) is 3.20. The molecule has 1 atom stereocenters. The van der Waals surface area contributed by atoms with Gasteiger partial charge in [0.2, 0.25) is 5.91 Å². The zero-order valence-electron chi connectivity index (χ0n) is 11.7. The normalized spacial score (nSPS) is 12.2. The summed E-state index contributed by atoms with van der Waals surface area (Å²) in [6.45, 7) is 4.23. The molecule has 0 saturated heterocycles. The molecule has 6 nitrogen and oxygen atoms in total. The SMILES string of the molecule is CCC(C)C(=O)Nc1ccc(-c2n[nH]c(CN)n2)cc1. The van der Waals surface area contributed by atoms with Crippen LogP contribution < -0.4 is 11.1 Å². The lowest BCUT2D eigenvalue weighted by atomic mass is 10.1. The summed E-state index contributed by atoms with van der Waals surface area (Å²) in [5.41, 5.74) is 7.13. The Bertz CT molecular complexity index is 576. The Morgan fingerprint density at radius 1 is 1.40 bits per heavy atom. The first-order valence-corrected chi connectivity index (χ1v) is 6.66. The van der Waals surface area contributed by atoms with E-state index in [2.05, 4.69) is 20.5 Å². The summed E-state index contributed by atoms with van der Waals surface area (Å²) in [6, 6.07) is 7.42.